The van der Waals surface area contributed by atoms with Gasteiger partial charge in [-0.25, -0.2) is 4.98 Å². The molecule has 4 heteroatoms. The summed E-state index contributed by atoms with van der Waals surface area (Å²) in [7, 11) is 0. The van der Waals surface area contributed by atoms with Crippen molar-refractivity contribution in [2.75, 3.05) is 11.4 Å². The van der Waals surface area contributed by atoms with Gasteiger partial charge in [-0.2, -0.15) is 0 Å². The van der Waals surface area contributed by atoms with Crippen LogP contribution in [0, 0.1) is 13.8 Å². The molecule has 1 saturated heterocycles. The molecular weight excluding hydrogens is 236 g/mol. The summed E-state index contributed by atoms with van der Waals surface area (Å²) in [6, 6.07) is 4.86. The Balaban J connectivity index is 1.80. The van der Waals surface area contributed by atoms with Crippen molar-refractivity contribution in [3.63, 3.8) is 0 Å². The van der Waals surface area contributed by atoms with E-state index in [0.717, 1.165) is 24.6 Å². The highest BCUT2D eigenvalue weighted by atomic mass is 15.2. The van der Waals surface area contributed by atoms with Gasteiger partial charge in [-0.1, -0.05) is 0 Å². The first-order valence-corrected chi connectivity index (χ1v) is 6.91. The van der Waals surface area contributed by atoms with Crippen molar-refractivity contribution >= 4 is 5.69 Å². The summed E-state index contributed by atoms with van der Waals surface area (Å²) < 4.78 is 2.25. The average Bonchev–Trinajstić information content (AvgIpc) is 3.00. The lowest BCUT2D eigenvalue weighted by Gasteiger charge is -2.27. The predicted molar refractivity (Wildman–Crippen MR) is 76.3 cm³/mol. The molecule has 4 nitrogen and oxygen atoms in total. The molecule has 0 spiro atoms. The minimum Gasteiger partial charge on any atom is -0.367 e. The van der Waals surface area contributed by atoms with Crippen molar-refractivity contribution in [2.45, 2.75) is 39.3 Å². The van der Waals surface area contributed by atoms with Gasteiger partial charge in [0.05, 0.1) is 0 Å². The van der Waals surface area contributed by atoms with Crippen molar-refractivity contribution in [2.24, 2.45) is 0 Å². The topological polar surface area (TPSA) is 34.0 Å². The smallest absolute Gasteiger partial charge is 0.105 e. The van der Waals surface area contributed by atoms with Crippen molar-refractivity contribution in [1.29, 1.82) is 0 Å². The van der Waals surface area contributed by atoms with E-state index in [-0.39, 0.29) is 0 Å². The minimum absolute atomic E-state index is 0.565. The molecule has 1 aliphatic heterocycles. The molecular formula is C15H20N4. The summed E-state index contributed by atoms with van der Waals surface area (Å²) in [5.41, 5.74) is 2.38. The van der Waals surface area contributed by atoms with Gasteiger partial charge in [0, 0.05) is 49.1 Å². The summed E-state index contributed by atoms with van der Waals surface area (Å²) in [4.78, 5) is 11.1. The van der Waals surface area contributed by atoms with Crippen LogP contribution in [0.1, 0.15) is 24.4 Å². The van der Waals surface area contributed by atoms with E-state index in [1.807, 2.05) is 12.4 Å². The number of anilines is 1. The molecule has 1 fully saturated rings. The molecule has 2 aromatic heterocycles. The third kappa shape index (κ3) is 2.48. The van der Waals surface area contributed by atoms with E-state index in [2.05, 4.69) is 51.6 Å². The highest BCUT2D eigenvalue weighted by Gasteiger charge is 2.25. The van der Waals surface area contributed by atoms with Crippen LogP contribution in [-0.4, -0.2) is 27.1 Å². The highest BCUT2D eigenvalue weighted by molar-refractivity contribution is 5.48. The van der Waals surface area contributed by atoms with Gasteiger partial charge in [0.2, 0.25) is 0 Å². The summed E-state index contributed by atoms with van der Waals surface area (Å²) >= 11 is 0. The van der Waals surface area contributed by atoms with Gasteiger partial charge < -0.3 is 9.47 Å². The number of hydrogen-bond acceptors (Lipinski definition) is 3. The molecule has 0 radical (unpaired) electrons. The molecule has 0 bridgehead atoms. The average molecular weight is 256 g/mol. The van der Waals surface area contributed by atoms with Crippen molar-refractivity contribution in [3.8, 4) is 0 Å². The quantitative estimate of drug-likeness (QED) is 0.846. The lowest BCUT2D eigenvalue weighted by Crippen LogP contribution is -2.33. The van der Waals surface area contributed by atoms with E-state index in [4.69, 9.17) is 0 Å². The first-order chi connectivity index (χ1) is 9.24. The van der Waals surface area contributed by atoms with Crippen LogP contribution in [0.25, 0.3) is 0 Å². The van der Waals surface area contributed by atoms with Crippen LogP contribution in [0.3, 0.4) is 0 Å². The fourth-order valence-corrected chi connectivity index (χ4v) is 2.90. The maximum atomic E-state index is 4.31. The second-order valence-corrected chi connectivity index (χ2v) is 5.27. The Hall–Kier alpha value is -1.84. The molecule has 0 N–H and O–H groups in total. The first-order valence-electron chi connectivity index (χ1n) is 6.91. The van der Waals surface area contributed by atoms with E-state index >= 15 is 0 Å². The van der Waals surface area contributed by atoms with Crippen LogP contribution >= 0.6 is 0 Å². The zero-order valence-electron chi connectivity index (χ0n) is 11.6. The van der Waals surface area contributed by atoms with Crippen LogP contribution in [0.2, 0.25) is 0 Å². The normalized spacial score (nSPS) is 19.1. The Morgan fingerprint density at radius 3 is 2.89 bits per heavy atom. The van der Waals surface area contributed by atoms with Crippen LogP contribution in [0.4, 0.5) is 5.69 Å². The van der Waals surface area contributed by atoms with E-state index in [9.17, 15) is 0 Å². The molecule has 0 aromatic carbocycles. The van der Waals surface area contributed by atoms with Gasteiger partial charge in [0.25, 0.3) is 0 Å². The number of aryl methyl sites for hydroxylation is 2. The molecule has 1 aliphatic rings. The number of imidazole rings is 1. The molecule has 0 aliphatic carbocycles. The summed E-state index contributed by atoms with van der Waals surface area (Å²) in [6.07, 6.45) is 8.37. The third-order valence-corrected chi connectivity index (χ3v) is 3.92. The zero-order chi connectivity index (χ0) is 13.2. The maximum absolute atomic E-state index is 4.31. The molecule has 2 aromatic rings. The van der Waals surface area contributed by atoms with Gasteiger partial charge in [-0.3, -0.25) is 4.98 Å². The lowest BCUT2D eigenvalue weighted by atomic mass is 10.2. The fourth-order valence-electron chi connectivity index (χ4n) is 2.90. The van der Waals surface area contributed by atoms with E-state index < -0.39 is 0 Å². The Kier molecular flexibility index (Phi) is 3.23. The van der Waals surface area contributed by atoms with Gasteiger partial charge >= 0.3 is 0 Å². The predicted octanol–water partition coefficient (Wildman–Crippen LogP) is 2.56. The Bertz CT molecular complexity index is 561. The third-order valence-electron chi connectivity index (χ3n) is 3.92. The Morgan fingerprint density at radius 2 is 2.16 bits per heavy atom. The van der Waals surface area contributed by atoms with Crippen LogP contribution in [0.15, 0.2) is 30.7 Å². The van der Waals surface area contributed by atoms with Crippen molar-refractivity contribution in [1.82, 2.24) is 14.5 Å². The zero-order valence-corrected chi connectivity index (χ0v) is 11.6. The van der Waals surface area contributed by atoms with E-state index in [1.54, 1.807) is 0 Å². The Labute approximate surface area is 114 Å². The number of rotatable bonds is 3. The second kappa shape index (κ2) is 5.03. The molecule has 0 saturated carbocycles. The summed E-state index contributed by atoms with van der Waals surface area (Å²) in [6.45, 7) is 6.28. The van der Waals surface area contributed by atoms with E-state index in [1.165, 1.54) is 18.5 Å². The van der Waals surface area contributed by atoms with Crippen LogP contribution < -0.4 is 4.90 Å². The molecule has 100 valence electrons. The first kappa shape index (κ1) is 12.2. The van der Waals surface area contributed by atoms with Crippen LogP contribution in [0.5, 0.6) is 0 Å². The SMILES string of the molecule is Cc1cc(N2CCCC2Cn2ccnc2C)ccn1. The number of hydrogen-bond donors (Lipinski definition) is 0. The Morgan fingerprint density at radius 1 is 1.26 bits per heavy atom. The van der Waals surface area contributed by atoms with Gasteiger partial charge in [-0.15, -0.1) is 0 Å². The minimum atomic E-state index is 0.565. The molecule has 3 heterocycles. The monoisotopic (exact) mass is 256 g/mol. The number of aromatic nitrogens is 3. The highest BCUT2D eigenvalue weighted by Crippen LogP contribution is 2.26. The second-order valence-electron chi connectivity index (χ2n) is 5.27. The summed E-state index contributed by atoms with van der Waals surface area (Å²) in [5.74, 6) is 1.10. The van der Waals surface area contributed by atoms with Crippen molar-refractivity contribution < 1.29 is 0 Å². The maximum Gasteiger partial charge on any atom is 0.105 e. The molecule has 3 rings (SSSR count). The van der Waals surface area contributed by atoms with Gasteiger partial charge in [-0.05, 0) is 38.8 Å². The summed E-state index contributed by atoms with van der Waals surface area (Å²) in [5, 5.41) is 0. The number of pyridine rings is 1. The van der Waals surface area contributed by atoms with E-state index in [0.29, 0.717) is 6.04 Å². The molecule has 1 unspecified atom stereocenters. The van der Waals surface area contributed by atoms with Gasteiger partial charge in [0.1, 0.15) is 5.82 Å². The fraction of sp³-hybridized carbons (Fsp3) is 0.467. The lowest BCUT2D eigenvalue weighted by molar-refractivity contribution is 0.540. The standard InChI is InChI=1S/C15H20N4/c1-12-10-14(5-6-16-12)19-8-3-4-15(19)11-18-9-7-17-13(18)2/h5-7,9-10,15H,3-4,8,11H2,1-2H3. The van der Waals surface area contributed by atoms with Crippen LogP contribution in [-0.2, 0) is 6.54 Å². The largest absolute Gasteiger partial charge is 0.367 e. The number of nitrogens with zero attached hydrogens (tertiary/aromatic N) is 4. The van der Waals surface area contributed by atoms with Gasteiger partial charge in [0.15, 0.2) is 0 Å². The molecule has 1 atom stereocenters. The molecule has 19 heavy (non-hydrogen) atoms. The van der Waals surface area contributed by atoms with Crippen molar-refractivity contribution in [3.05, 3.63) is 42.2 Å². The molecule has 0 amide bonds.